The molecule has 1 saturated heterocycles. The molecule has 0 bridgehead atoms. The number of amides is 1. The van der Waals surface area contributed by atoms with Crippen molar-refractivity contribution in [2.75, 3.05) is 25.5 Å². The number of carbonyl (C=O) groups excluding carboxylic acids is 1. The zero-order valence-electron chi connectivity index (χ0n) is 12.5. The normalized spacial score (nSPS) is 19.0. The van der Waals surface area contributed by atoms with Crippen LogP contribution >= 0.6 is 0 Å². The fraction of sp³-hybridized carbons (Fsp3) is 0.375. The molecule has 1 fully saturated rings. The number of aromatic nitrogens is 2. The van der Waals surface area contributed by atoms with Crippen LogP contribution in [0.25, 0.3) is 0 Å². The highest BCUT2D eigenvalue weighted by Crippen LogP contribution is 2.20. The van der Waals surface area contributed by atoms with Crippen LogP contribution in [0.1, 0.15) is 24.1 Å². The van der Waals surface area contributed by atoms with E-state index in [1.807, 2.05) is 47.3 Å². The highest BCUT2D eigenvalue weighted by atomic mass is 16.5. The first-order valence-electron chi connectivity index (χ1n) is 7.42. The van der Waals surface area contributed by atoms with E-state index in [9.17, 15) is 4.79 Å². The first kappa shape index (κ1) is 14.7. The van der Waals surface area contributed by atoms with E-state index < -0.39 is 6.10 Å². The zero-order valence-corrected chi connectivity index (χ0v) is 12.5. The van der Waals surface area contributed by atoms with Gasteiger partial charge < -0.3 is 15.4 Å². The molecule has 1 aliphatic heterocycles. The van der Waals surface area contributed by atoms with E-state index in [0.29, 0.717) is 11.9 Å². The summed E-state index contributed by atoms with van der Waals surface area (Å²) in [6.07, 6.45) is 2.32. The average Bonchev–Trinajstić information content (AvgIpc) is 3.20. The molecule has 1 aliphatic rings. The second-order valence-corrected chi connectivity index (χ2v) is 5.34. The summed E-state index contributed by atoms with van der Waals surface area (Å²) in [6, 6.07) is 11.6. The van der Waals surface area contributed by atoms with Crippen molar-refractivity contribution in [3.05, 3.63) is 48.2 Å². The fourth-order valence-electron chi connectivity index (χ4n) is 2.69. The van der Waals surface area contributed by atoms with Crippen LogP contribution in [0, 0.1) is 0 Å². The van der Waals surface area contributed by atoms with Crippen molar-refractivity contribution in [2.24, 2.45) is 0 Å². The van der Waals surface area contributed by atoms with Gasteiger partial charge in [0.1, 0.15) is 0 Å². The van der Waals surface area contributed by atoms with Gasteiger partial charge in [0.05, 0.1) is 6.04 Å². The topological polar surface area (TPSA) is 68.2 Å². The van der Waals surface area contributed by atoms with Gasteiger partial charge in [0.15, 0.2) is 11.9 Å². The molecule has 1 aromatic carbocycles. The summed E-state index contributed by atoms with van der Waals surface area (Å²) in [5.74, 6) is 0.332. The summed E-state index contributed by atoms with van der Waals surface area (Å²) in [7, 11) is 1.53. The lowest BCUT2D eigenvalue weighted by molar-refractivity contribution is -0.126. The van der Waals surface area contributed by atoms with Crippen LogP contribution in [0.2, 0.25) is 0 Å². The Kier molecular flexibility index (Phi) is 4.50. The monoisotopic (exact) mass is 300 g/mol. The van der Waals surface area contributed by atoms with Gasteiger partial charge in [-0.2, -0.15) is 5.10 Å². The zero-order chi connectivity index (χ0) is 15.4. The van der Waals surface area contributed by atoms with Crippen molar-refractivity contribution < 1.29 is 9.53 Å². The minimum Gasteiger partial charge on any atom is -0.367 e. The number of hydrogen-bond acceptors (Lipinski definition) is 4. The highest BCUT2D eigenvalue weighted by molar-refractivity contribution is 5.94. The molecular weight excluding hydrogens is 280 g/mol. The Morgan fingerprint density at radius 1 is 1.41 bits per heavy atom. The van der Waals surface area contributed by atoms with E-state index in [1.54, 1.807) is 0 Å². The maximum absolute atomic E-state index is 12.4. The molecular formula is C16H20N4O2. The molecule has 0 radical (unpaired) electrons. The van der Waals surface area contributed by atoms with E-state index in [1.165, 1.54) is 7.11 Å². The standard InChI is InChI=1S/C16H20N4O2/c1-22-15(12-5-3-2-4-6-12)16(21)18-14-8-10-20(19-14)13-7-9-17-11-13/h2-6,8,10,13,15,17H,7,9,11H2,1H3,(H,18,19,21)/t13-,15-/m0/s1. The number of nitrogens with zero attached hydrogens (tertiary/aromatic N) is 2. The number of ether oxygens (including phenoxy) is 1. The molecule has 0 spiro atoms. The molecule has 1 amide bonds. The second-order valence-electron chi connectivity index (χ2n) is 5.34. The van der Waals surface area contributed by atoms with E-state index >= 15 is 0 Å². The second kappa shape index (κ2) is 6.72. The molecule has 2 heterocycles. The van der Waals surface area contributed by atoms with Crippen LogP contribution in [0.4, 0.5) is 5.82 Å². The molecule has 2 atom stereocenters. The molecule has 0 saturated carbocycles. The molecule has 3 rings (SSSR count). The average molecular weight is 300 g/mol. The van der Waals surface area contributed by atoms with Crippen molar-refractivity contribution in [1.29, 1.82) is 0 Å². The maximum Gasteiger partial charge on any atom is 0.259 e. The van der Waals surface area contributed by atoms with E-state index in [0.717, 1.165) is 25.1 Å². The lowest BCUT2D eigenvalue weighted by atomic mass is 10.1. The third-order valence-corrected chi connectivity index (χ3v) is 3.84. The van der Waals surface area contributed by atoms with Crippen molar-refractivity contribution >= 4 is 11.7 Å². The number of carbonyl (C=O) groups is 1. The van der Waals surface area contributed by atoms with Gasteiger partial charge in [0, 0.05) is 25.9 Å². The Balaban J connectivity index is 1.68. The van der Waals surface area contributed by atoms with Crippen LogP contribution in [0.5, 0.6) is 0 Å². The van der Waals surface area contributed by atoms with Gasteiger partial charge in [-0.3, -0.25) is 9.48 Å². The van der Waals surface area contributed by atoms with Crippen molar-refractivity contribution in [2.45, 2.75) is 18.6 Å². The number of nitrogens with one attached hydrogen (secondary N) is 2. The fourth-order valence-corrected chi connectivity index (χ4v) is 2.69. The third-order valence-electron chi connectivity index (χ3n) is 3.84. The molecule has 1 aromatic heterocycles. The smallest absolute Gasteiger partial charge is 0.259 e. The largest absolute Gasteiger partial charge is 0.367 e. The SMILES string of the molecule is CO[C@H](C(=O)Nc1ccn([C@H]2CCNC2)n1)c1ccccc1. The van der Waals surface area contributed by atoms with Gasteiger partial charge in [-0.25, -0.2) is 0 Å². The molecule has 6 heteroatoms. The lowest BCUT2D eigenvalue weighted by Gasteiger charge is -2.14. The molecule has 2 aromatic rings. The van der Waals surface area contributed by atoms with Crippen LogP contribution in [0.15, 0.2) is 42.6 Å². The Labute approximate surface area is 129 Å². The summed E-state index contributed by atoms with van der Waals surface area (Å²) in [4.78, 5) is 12.4. The maximum atomic E-state index is 12.4. The molecule has 0 aliphatic carbocycles. The minimum absolute atomic E-state index is 0.219. The van der Waals surface area contributed by atoms with Gasteiger partial charge in [-0.1, -0.05) is 30.3 Å². The summed E-state index contributed by atoms with van der Waals surface area (Å²) < 4.78 is 7.22. The predicted octanol–water partition coefficient (Wildman–Crippen LogP) is 1.74. The summed E-state index contributed by atoms with van der Waals surface area (Å²) in [5.41, 5.74) is 0.821. The summed E-state index contributed by atoms with van der Waals surface area (Å²) in [5, 5.41) is 10.6. The van der Waals surface area contributed by atoms with E-state index in [-0.39, 0.29) is 5.91 Å². The number of methoxy groups -OCH3 is 1. The highest BCUT2D eigenvalue weighted by Gasteiger charge is 2.22. The number of hydrogen-bond donors (Lipinski definition) is 2. The first-order chi connectivity index (χ1) is 10.8. The van der Waals surface area contributed by atoms with E-state index in [2.05, 4.69) is 15.7 Å². The minimum atomic E-state index is -0.639. The van der Waals surface area contributed by atoms with E-state index in [4.69, 9.17) is 4.74 Å². The summed E-state index contributed by atoms with van der Waals surface area (Å²) >= 11 is 0. The quantitative estimate of drug-likeness (QED) is 0.882. The Morgan fingerprint density at radius 2 is 2.23 bits per heavy atom. The Bertz CT molecular complexity index is 620. The van der Waals surface area contributed by atoms with Crippen LogP contribution in [-0.4, -0.2) is 35.9 Å². The summed E-state index contributed by atoms with van der Waals surface area (Å²) in [6.45, 7) is 1.92. The Hall–Kier alpha value is -2.18. The molecule has 0 unspecified atom stereocenters. The van der Waals surface area contributed by atoms with Crippen LogP contribution < -0.4 is 10.6 Å². The van der Waals surface area contributed by atoms with Crippen molar-refractivity contribution in [3.63, 3.8) is 0 Å². The third kappa shape index (κ3) is 3.18. The van der Waals surface area contributed by atoms with Crippen LogP contribution in [0.3, 0.4) is 0 Å². The Morgan fingerprint density at radius 3 is 2.91 bits per heavy atom. The van der Waals surface area contributed by atoms with Gasteiger partial charge in [0.2, 0.25) is 0 Å². The van der Waals surface area contributed by atoms with Crippen LogP contribution in [-0.2, 0) is 9.53 Å². The lowest BCUT2D eigenvalue weighted by Crippen LogP contribution is -2.23. The molecule has 116 valence electrons. The molecule has 22 heavy (non-hydrogen) atoms. The number of benzene rings is 1. The van der Waals surface area contributed by atoms with Gasteiger partial charge in [-0.05, 0) is 18.5 Å². The molecule has 6 nitrogen and oxygen atoms in total. The van der Waals surface area contributed by atoms with Crippen molar-refractivity contribution in [3.8, 4) is 0 Å². The molecule has 2 N–H and O–H groups in total. The van der Waals surface area contributed by atoms with Gasteiger partial charge in [-0.15, -0.1) is 0 Å². The number of rotatable bonds is 5. The number of anilines is 1. The predicted molar refractivity (Wildman–Crippen MR) is 83.6 cm³/mol. The van der Waals surface area contributed by atoms with Crippen molar-refractivity contribution in [1.82, 2.24) is 15.1 Å². The van der Waals surface area contributed by atoms with Gasteiger partial charge in [0.25, 0.3) is 5.91 Å². The first-order valence-corrected chi connectivity index (χ1v) is 7.42. The van der Waals surface area contributed by atoms with Gasteiger partial charge >= 0.3 is 0 Å².